The monoisotopic (exact) mass is 472 g/mol. The van der Waals surface area contributed by atoms with Gasteiger partial charge in [0.25, 0.3) is 5.91 Å². The number of morpholine rings is 1. The second-order valence-electron chi connectivity index (χ2n) is 8.72. The van der Waals surface area contributed by atoms with Gasteiger partial charge in [-0.3, -0.25) is 4.79 Å². The highest BCUT2D eigenvalue weighted by Crippen LogP contribution is 2.42. The first-order valence-electron chi connectivity index (χ1n) is 11.6. The number of carbonyl (C=O) groups excluding carboxylic acids is 1. The highest BCUT2D eigenvalue weighted by molar-refractivity contribution is 7.88. The van der Waals surface area contributed by atoms with Gasteiger partial charge in [-0.2, -0.15) is 4.31 Å². The number of sulfonamides is 1. The van der Waals surface area contributed by atoms with E-state index in [1.165, 1.54) is 4.31 Å². The van der Waals surface area contributed by atoms with Crippen LogP contribution in [0.3, 0.4) is 0 Å². The summed E-state index contributed by atoms with van der Waals surface area (Å²) in [6.07, 6.45) is 2.42. The standard InChI is InChI=1S/C25H32N2O5S/c1-3-25(4-2)17-22(21-7-5-6-8-23(21)32-25)26-24(28)20-11-9-19(10-12-20)18-33(29,30)27-13-15-31-16-14-27/h5-12,22H,3-4,13-18H2,1-2H3,(H,26,28)/t22-/m1/s1. The van der Waals surface area contributed by atoms with Crippen molar-refractivity contribution < 1.29 is 22.7 Å². The third kappa shape index (κ3) is 5.23. The molecule has 1 atom stereocenters. The third-order valence-corrected chi connectivity index (χ3v) is 8.57. The second kappa shape index (κ2) is 9.83. The summed E-state index contributed by atoms with van der Waals surface area (Å²) in [5.41, 5.74) is 1.84. The van der Waals surface area contributed by atoms with Gasteiger partial charge in [0.1, 0.15) is 11.4 Å². The molecular formula is C25H32N2O5S. The Hall–Kier alpha value is -2.42. The van der Waals surface area contributed by atoms with Crippen molar-refractivity contribution in [2.24, 2.45) is 0 Å². The lowest BCUT2D eigenvalue weighted by molar-refractivity contribution is 0.0227. The summed E-state index contributed by atoms with van der Waals surface area (Å²) in [5.74, 6) is 0.555. The van der Waals surface area contributed by atoms with Crippen LogP contribution in [0.15, 0.2) is 48.5 Å². The summed E-state index contributed by atoms with van der Waals surface area (Å²) in [6.45, 7) is 5.83. The number of hydrogen-bond acceptors (Lipinski definition) is 5. The molecule has 0 unspecified atom stereocenters. The SMILES string of the molecule is CCC1(CC)C[C@@H](NC(=O)c2ccc(CS(=O)(=O)N3CCOCC3)cc2)c2ccccc2O1. The predicted molar refractivity (Wildman–Crippen MR) is 127 cm³/mol. The van der Waals surface area contributed by atoms with Crippen molar-refractivity contribution in [2.75, 3.05) is 26.3 Å². The molecule has 2 aromatic carbocycles. The molecule has 0 saturated carbocycles. The lowest BCUT2D eigenvalue weighted by Crippen LogP contribution is -2.44. The van der Waals surface area contributed by atoms with Gasteiger partial charge in [-0.1, -0.05) is 44.2 Å². The van der Waals surface area contributed by atoms with Crippen molar-refractivity contribution in [3.05, 3.63) is 65.2 Å². The van der Waals surface area contributed by atoms with Crippen molar-refractivity contribution in [3.8, 4) is 5.75 Å². The van der Waals surface area contributed by atoms with Gasteiger partial charge in [0, 0.05) is 30.6 Å². The number of benzene rings is 2. The first kappa shape index (κ1) is 23.7. The van der Waals surface area contributed by atoms with Gasteiger partial charge in [-0.15, -0.1) is 0 Å². The van der Waals surface area contributed by atoms with Gasteiger partial charge >= 0.3 is 0 Å². The molecule has 0 radical (unpaired) electrons. The van der Waals surface area contributed by atoms with E-state index >= 15 is 0 Å². The molecule has 2 aliphatic rings. The Labute approximate surface area is 196 Å². The van der Waals surface area contributed by atoms with E-state index in [0.717, 1.165) is 24.2 Å². The Bertz CT molecular complexity index is 1070. The largest absolute Gasteiger partial charge is 0.487 e. The topological polar surface area (TPSA) is 84.9 Å². The number of para-hydroxylation sites is 1. The van der Waals surface area contributed by atoms with Crippen LogP contribution in [-0.2, 0) is 20.5 Å². The predicted octanol–water partition coefficient (Wildman–Crippen LogP) is 3.66. The number of rotatable bonds is 7. The molecule has 0 spiro atoms. The quantitative estimate of drug-likeness (QED) is 0.665. The fraction of sp³-hybridized carbons (Fsp3) is 0.480. The van der Waals surface area contributed by atoms with E-state index in [0.29, 0.717) is 43.9 Å². The Morgan fingerprint density at radius 1 is 1.06 bits per heavy atom. The normalized spacial score (nSPS) is 20.5. The fourth-order valence-corrected chi connectivity index (χ4v) is 6.05. The van der Waals surface area contributed by atoms with E-state index in [-0.39, 0.29) is 23.3 Å². The molecule has 1 amide bonds. The Morgan fingerprint density at radius 3 is 2.39 bits per heavy atom. The van der Waals surface area contributed by atoms with Gasteiger partial charge in [-0.25, -0.2) is 8.42 Å². The minimum absolute atomic E-state index is 0.0856. The average molecular weight is 473 g/mol. The van der Waals surface area contributed by atoms with Crippen molar-refractivity contribution in [1.29, 1.82) is 0 Å². The molecule has 33 heavy (non-hydrogen) atoms. The molecule has 0 aliphatic carbocycles. The Kier molecular flexibility index (Phi) is 7.07. The zero-order chi connectivity index (χ0) is 23.5. The molecule has 4 rings (SSSR count). The van der Waals surface area contributed by atoms with Gasteiger partial charge in [-0.05, 0) is 36.6 Å². The van der Waals surface area contributed by atoms with E-state index in [9.17, 15) is 13.2 Å². The van der Waals surface area contributed by atoms with Crippen LogP contribution >= 0.6 is 0 Å². The summed E-state index contributed by atoms with van der Waals surface area (Å²) < 4.78 is 38.3. The molecular weight excluding hydrogens is 440 g/mol. The number of fused-ring (bicyclic) bond motifs is 1. The number of hydrogen-bond donors (Lipinski definition) is 1. The zero-order valence-corrected chi connectivity index (χ0v) is 20.1. The van der Waals surface area contributed by atoms with Crippen LogP contribution in [-0.4, -0.2) is 50.5 Å². The van der Waals surface area contributed by atoms with Crippen LogP contribution in [0.25, 0.3) is 0 Å². The molecule has 1 fully saturated rings. The molecule has 2 aliphatic heterocycles. The first-order valence-corrected chi connectivity index (χ1v) is 13.2. The molecule has 178 valence electrons. The van der Waals surface area contributed by atoms with Crippen LogP contribution in [0.5, 0.6) is 5.75 Å². The van der Waals surface area contributed by atoms with Crippen molar-refractivity contribution in [3.63, 3.8) is 0 Å². The minimum Gasteiger partial charge on any atom is -0.487 e. The third-order valence-electron chi connectivity index (χ3n) is 6.72. The zero-order valence-electron chi connectivity index (χ0n) is 19.2. The lowest BCUT2D eigenvalue weighted by Gasteiger charge is -2.41. The summed E-state index contributed by atoms with van der Waals surface area (Å²) in [6, 6.07) is 14.5. The van der Waals surface area contributed by atoms with Crippen molar-refractivity contribution >= 4 is 15.9 Å². The summed E-state index contributed by atoms with van der Waals surface area (Å²) in [4.78, 5) is 13.1. The lowest BCUT2D eigenvalue weighted by atomic mass is 9.83. The van der Waals surface area contributed by atoms with Crippen LogP contribution in [0.1, 0.15) is 60.6 Å². The van der Waals surface area contributed by atoms with Gasteiger partial charge in [0.15, 0.2) is 0 Å². The highest BCUT2D eigenvalue weighted by atomic mass is 32.2. The van der Waals surface area contributed by atoms with E-state index in [2.05, 4.69) is 19.2 Å². The maximum atomic E-state index is 13.1. The number of nitrogens with one attached hydrogen (secondary N) is 1. The molecule has 8 heteroatoms. The average Bonchev–Trinajstić information content (AvgIpc) is 2.84. The summed E-state index contributed by atoms with van der Waals surface area (Å²) >= 11 is 0. The highest BCUT2D eigenvalue weighted by Gasteiger charge is 2.39. The van der Waals surface area contributed by atoms with Crippen LogP contribution in [0, 0.1) is 0 Å². The van der Waals surface area contributed by atoms with E-state index in [1.807, 2.05) is 24.3 Å². The molecule has 1 saturated heterocycles. The fourth-order valence-electron chi connectivity index (χ4n) is 4.55. The minimum atomic E-state index is -3.41. The van der Waals surface area contributed by atoms with Gasteiger partial charge < -0.3 is 14.8 Å². The van der Waals surface area contributed by atoms with Crippen molar-refractivity contribution in [1.82, 2.24) is 9.62 Å². The smallest absolute Gasteiger partial charge is 0.251 e. The second-order valence-corrected chi connectivity index (χ2v) is 10.7. The number of amides is 1. The summed E-state index contributed by atoms with van der Waals surface area (Å²) in [7, 11) is -3.41. The van der Waals surface area contributed by atoms with Crippen LogP contribution < -0.4 is 10.1 Å². The maximum Gasteiger partial charge on any atom is 0.251 e. The molecule has 0 bridgehead atoms. The Balaban J connectivity index is 1.46. The molecule has 2 heterocycles. The Morgan fingerprint density at radius 2 is 1.73 bits per heavy atom. The molecule has 2 aromatic rings. The van der Waals surface area contributed by atoms with Gasteiger partial charge in [0.2, 0.25) is 10.0 Å². The van der Waals surface area contributed by atoms with E-state index in [1.54, 1.807) is 24.3 Å². The van der Waals surface area contributed by atoms with Crippen molar-refractivity contribution in [2.45, 2.75) is 50.5 Å². The summed E-state index contributed by atoms with van der Waals surface area (Å²) in [5, 5.41) is 3.17. The van der Waals surface area contributed by atoms with Crippen LogP contribution in [0.2, 0.25) is 0 Å². The number of ether oxygens (including phenoxy) is 2. The van der Waals surface area contributed by atoms with E-state index in [4.69, 9.17) is 9.47 Å². The molecule has 0 aromatic heterocycles. The number of nitrogens with zero attached hydrogens (tertiary/aromatic N) is 1. The molecule has 7 nitrogen and oxygen atoms in total. The number of carbonyl (C=O) groups is 1. The first-order chi connectivity index (χ1) is 15.9. The molecule has 1 N–H and O–H groups in total. The van der Waals surface area contributed by atoms with E-state index < -0.39 is 10.0 Å². The van der Waals surface area contributed by atoms with Gasteiger partial charge in [0.05, 0.1) is 25.0 Å². The van der Waals surface area contributed by atoms with Crippen LogP contribution in [0.4, 0.5) is 0 Å². The maximum absolute atomic E-state index is 13.1.